The van der Waals surface area contributed by atoms with Gasteiger partial charge in [0.1, 0.15) is 0 Å². The third-order valence-electron chi connectivity index (χ3n) is 5.64. The Bertz CT molecular complexity index is 1260. The van der Waals surface area contributed by atoms with E-state index in [1.807, 2.05) is 31.2 Å². The van der Waals surface area contributed by atoms with Gasteiger partial charge in [-0.25, -0.2) is 0 Å². The molecule has 1 aliphatic carbocycles. The predicted molar refractivity (Wildman–Crippen MR) is 163 cm³/mol. The number of rotatable bonds is 10. The van der Waals surface area contributed by atoms with Crippen LogP contribution < -0.4 is 21.3 Å². The van der Waals surface area contributed by atoms with Gasteiger partial charge in [0, 0.05) is 55.3 Å². The standard InChI is InChI=1S/C30H30Br2N4/c1-2-22(31)4-3-21-33-24-9-11-26(12-10-24)35-28-17-19-30(20-18-28)36-29-15-13-27(14-16-29)34-25-7-5-23(32)6-8-25/h2-13,15,17-20,33-36H,14,16,21H2,1H3/b4-3-,22-2+. The van der Waals surface area contributed by atoms with Gasteiger partial charge in [-0.3, -0.25) is 0 Å². The summed E-state index contributed by atoms with van der Waals surface area (Å²) >= 11 is 6.95. The van der Waals surface area contributed by atoms with E-state index in [1.165, 1.54) is 11.4 Å². The molecule has 6 heteroatoms. The summed E-state index contributed by atoms with van der Waals surface area (Å²) in [6.07, 6.45) is 12.4. The average Bonchev–Trinajstić information content (AvgIpc) is 2.91. The minimum atomic E-state index is 0.777. The van der Waals surface area contributed by atoms with Crippen LogP contribution in [0.4, 0.5) is 28.4 Å². The molecule has 36 heavy (non-hydrogen) atoms. The Hall–Kier alpha value is -3.22. The molecule has 3 aromatic carbocycles. The van der Waals surface area contributed by atoms with Gasteiger partial charge in [-0.1, -0.05) is 50.1 Å². The van der Waals surface area contributed by atoms with Crippen molar-refractivity contribution in [3.8, 4) is 0 Å². The largest absolute Gasteiger partial charge is 0.382 e. The molecule has 0 spiro atoms. The summed E-state index contributed by atoms with van der Waals surface area (Å²) in [6, 6.07) is 25.0. The minimum Gasteiger partial charge on any atom is -0.382 e. The molecule has 0 amide bonds. The van der Waals surface area contributed by atoms with Crippen LogP contribution in [0.5, 0.6) is 0 Å². The van der Waals surface area contributed by atoms with E-state index in [9.17, 15) is 0 Å². The lowest BCUT2D eigenvalue weighted by Crippen LogP contribution is -2.07. The predicted octanol–water partition coefficient (Wildman–Crippen LogP) is 9.55. The summed E-state index contributed by atoms with van der Waals surface area (Å²) in [7, 11) is 0. The zero-order chi connectivity index (χ0) is 25.2. The SMILES string of the molecule is C/C=C(Br)\C=C/CNc1ccc(Nc2ccc(NC3=CC=C(Nc4ccc(Br)cc4)CC3)cc2)cc1. The number of benzene rings is 3. The summed E-state index contributed by atoms with van der Waals surface area (Å²) in [6.45, 7) is 2.78. The van der Waals surface area contributed by atoms with Crippen molar-refractivity contribution in [2.24, 2.45) is 0 Å². The molecule has 0 saturated heterocycles. The van der Waals surface area contributed by atoms with Crippen LogP contribution in [0.1, 0.15) is 19.8 Å². The summed E-state index contributed by atoms with van der Waals surface area (Å²) < 4.78 is 2.16. The number of halogens is 2. The Kier molecular flexibility index (Phi) is 9.47. The summed E-state index contributed by atoms with van der Waals surface area (Å²) in [5.74, 6) is 0. The van der Waals surface area contributed by atoms with Gasteiger partial charge in [-0.05, 0) is 105 Å². The quantitative estimate of drug-likeness (QED) is 0.174. The van der Waals surface area contributed by atoms with Crippen molar-refractivity contribution >= 4 is 60.3 Å². The highest BCUT2D eigenvalue weighted by atomic mass is 79.9. The molecule has 0 atom stereocenters. The highest BCUT2D eigenvalue weighted by Gasteiger charge is 2.07. The molecule has 184 valence electrons. The lowest BCUT2D eigenvalue weighted by molar-refractivity contribution is 0.914. The van der Waals surface area contributed by atoms with Crippen molar-refractivity contribution in [3.05, 3.63) is 124 Å². The van der Waals surface area contributed by atoms with Gasteiger partial charge in [-0.2, -0.15) is 0 Å². The van der Waals surface area contributed by atoms with Gasteiger partial charge in [0.25, 0.3) is 0 Å². The van der Waals surface area contributed by atoms with Crippen molar-refractivity contribution in [2.45, 2.75) is 19.8 Å². The molecular formula is C30H30Br2N4. The van der Waals surface area contributed by atoms with E-state index in [-0.39, 0.29) is 0 Å². The Morgan fingerprint density at radius 2 is 1.14 bits per heavy atom. The Balaban J connectivity index is 1.26. The molecule has 0 saturated carbocycles. The van der Waals surface area contributed by atoms with E-state index >= 15 is 0 Å². The summed E-state index contributed by atoms with van der Waals surface area (Å²) in [4.78, 5) is 0. The number of nitrogens with one attached hydrogen (secondary N) is 4. The third kappa shape index (κ3) is 8.18. The third-order valence-corrected chi connectivity index (χ3v) is 6.89. The fourth-order valence-corrected chi connectivity index (χ4v) is 4.12. The van der Waals surface area contributed by atoms with Crippen LogP contribution in [-0.2, 0) is 0 Å². The van der Waals surface area contributed by atoms with Gasteiger partial charge < -0.3 is 21.3 Å². The zero-order valence-corrected chi connectivity index (χ0v) is 23.4. The van der Waals surface area contributed by atoms with E-state index in [1.54, 1.807) is 0 Å². The highest BCUT2D eigenvalue weighted by molar-refractivity contribution is 9.12. The molecule has 1 aliphatic rings. The number of anilines is 5. The normalized spacial score (nSPS) is 13.7. The van der Waals surface area contributed by atoms with Crippen molar-refractivity contribution in [2.75, 3.05) is 27.8 Å². The maximum absolute atomic E-state index is 3.54. The fraction of sp³-hybridized carbons (Fsp3) is 0.133. The molecule has 3 aromatic rings. The van der Waals surface area contributed by atoms with E-state index in [2.05, 4.69) is 132 Å². The fourth-order valence-electron chi connectivity index (χ4n) is 3.67. The number of hydrogen-bond acceptors (Lipinski definition) is 4. The molecule has 4 nitrogen and oxygen atoms in total. The molecule has 0 unspecified atom stereocenters. The highest BCUT2D eigenvalue weighted by Crippen LogP contribution is 2.25. The Morgan fingerprint density at radius 3 is 1.61 bits per heavy atom. The molecule has 4 N–H and O–H groups in total. The first-order valence-corrected chi connectivity index (χ1v) is 13.5. The molecule has 4 rings (SSSR count). The van der Waals surface area contributed by atoms with Gasteiger partial charge in [0.2, 0.25) is 0 Å². The molecule has 0 fully saturated rings. The van der Waals surface area contributed by atoms with Gasteiger partial charge in [0.05, 0.1) is 0 Å². The van der Waals surface area contributed by atoms with Crippen LogP contribution in [-0.4, -0.2) is 6.54 Å². The van der Waals surface area contributed by atoms with E-state index in [0.29, 0.717) is 0 Å². The molecular weight excluding hydrogens is 576 g/mol. The molecule has 0 aromatic heterocycles. The van der Waals surface area contributed by atoms with E-state index in [4.69, 9.17) is 0 Å². The van der Waals surface area contributed by atoms with Crippen molar-refractivity contribution < 1.29 is 0 Å². The molecule has 0 radical (unpaired) electrons. The number of allylic oxidation sites excluding steroid dienone is 7. The summed E-state index contributed by atoms with van der Waals surface area (Å²) in [5, 5.41) is 13.9. The van der Waals surface area contributed by atoms with Crippen molar-refractivity contribution in [1.29, 1.82) is 0 Å². The Labute approximate surface area is 230 Å². The molecule has 0 heterocycles. The van der Waals surface area contributed by atoms with E-state index in [0.717, 1.165) is 56.8 Å². The second kappa shape index (κ2) is 13.2. The maximum atomic E-state index is 3.54. The van der Waals surface area contributed by atoms with Crippen molar-refractivity contribution in [1.82, 2.24) is 0 Å². The monoisotopic (exact) mass is 604 g/mol. The van der Waals surface area contributed by atoms with Crippen molar-refractivity contribution in [3.63, 3.8) is 0 Å². The molecule has 0 aliphatic heterocycles. The van der Waals surface area contributed by atoms with E-state index < -0.39 is 0 Å². The smallest absolute Gasteiger partial charge is 0.0385 e. The van der Waals surface area contributed by atoms with Gasteiger partial charge in [0.15, 0.2) is 0 Å². The zero-order valence-electron chi connectivity index (χ0n) is 20.2. The lowest BCUT2D eigenvalue weighted by Gasteiger charge is -2.18. The van der Waals surface area contributed by atoms with Gasteiger partial charge in [-0.15, -0.1) is 0 Å². The second-order valence-electron chi connectivity index (χ2n) is 8.38. The van der Waals surface area contributed by atoms with Crippen LogP contribution in [0.2, 0.25) is 0 Å². The topological polar surface area (TPSA) is 48.1 Å². The average molecular weight is 606 g/mol. The number of hydrogen-bond donors (Lipinski definition) is 4. The second-order valence-corrected chi connectivity index (χ2v) is 10.2. The summed E-state index contributed by atoms with van der Waals surface area (Å²) in [5.41, 5.74) is 7.83. The first kappa shape index (κ1) is 25.9. The molecule has 0 bridgehead atoms. The first-order valence-electron chi connectivity index (χ1n) is 12.0. The lowest BCUT2D eigenvalue weighted by atomic mass is 10.1. The first-order chi connectivity index (χ1) is 17.6. The maximum Gasteiger partial charge on any atom is 0.0385 e. The minimum absolute atomic E-state index is 0.777. The van der Waals surface area contributed by atoms with Crippen LogP contribution in [0.15, 0.2) is 124 Å². The van der Waals surface area contributed by atoms with Crippen LogP contribution in [0.3, 0.4) is 0 Å². The van der Waals surface area contributed by atoms with Crippen LogP contribution in [0.25, 0.3) is 0 Å². The Morgan fingerprint density at radius 1 is 0.694 bits per heavy atom. The van der Waals surface area contributed by atoms with Crippen LogP contribution >= 0.6 is 31.9 Å². The van der Waals surface area contributed by atoms with Gasteiger partial charge >= 0.3 is 0 Å². The van der Waals surface area contributed by atoms with Crippen LogP contribution in [0, 0.1) is 0 Å².